The number of phenolic OH excluding ortho intramolecular Hbond substituents is 1. The van der Waals surface area contributed by atoms with Gasteiger partial charge in [-0.25, -0.2) is 0 Å². The fourth-order valence-electron chi connectivity index (χ4n) is 1.91. The highest BCUT2D eigenvalue weighted by atomic mass is 35.5. The maximum atomic E-state index is 9.28. The fourth-order valence-corrected chi connectivity index (χ4v) is 2.14. The van der Waals surface area contributed by atoms with Crippen LogP contribution in [0.5, 0.6) is 11.5 Å². The number of rotatable bonds is 6. The predicted octanol–water partition coefficient (Wildman–Crippen LogP) is 4.12. The molecule has 0 saturated carbocycles. The molecule has 2 aromatic carbocycles. The van der Waals surface area contributed by atoms with Gasteiger partial charge in [0.1, 0.15) is 18.1 Å². The van der Waals surface area contributed by atoms with Crippen molar-refractivity contribution < 1.29 is 9.84 Å². The highest BCUT2D eigenvalue weighted by Gasteiger charge is 2.09. The Kier molecular flexibility index (Phi) is 5.48. The summed E-state index contributed by atoms with van der Waals surface area (Å²) in [6.07, 6.45) is 0. The lowest BCUT2D eigenvalue weighted by atomic mass is 10.2. The van der Waals surface area contributed by atoms with Crippen molar-refractivity contribution in [2.45, 2.75) is 33.0 Å². The molecule has 3 nitrogen and oxygen atoms in total. The van der Waals surface area contributed by atoms with Gasteiger partial charge in [-0.15, -0.1) is 0 Å². The third kappa shape index (κ3) is 4.66. The minimum atomic E-state index is 0.253. The van der Waals surface area contributed by atoms with Crippen LogP contribution in [0.2, 0.25) is 5.02 Å². The van der Waals surface area contributed by atoms with Gasteiger partial charge in [-0.3, -0.25) is 0 Å². The lowest BCUT2D eigenvalue weighted by Crippen LogP contribution is -2.22. The second-order valence-corrected chi connectivity index (χ2v) is 5.61. The van der Waals surface area contributed by atoms with Crippen LogP contribution in [-0.4, -0.2) is 11.1 Å². The topological polar surface area (TPSA) is 41.5 Å². The van der Waals surface area contributed by atoms with Gasteiger partial charge in [0.05, 0.1) is 0 Å². The van der Waals surface area contributed by atoms with Crippen LogP contribution in [0.15, 0.2) is 42.5 Å². The molecule has 0 aliphatic heterocycles. The van der Waals surface area contributed by atoms with E-state index >= 15 is 0 Å². The van der Waals surface area contributed by atoms with Crippen molar-refractivity contribution >= 4 is 11.6 Å². The van der Waals surface area contributed by atoms with E-state index in [0.717, 1.165) is 16.9 Å². The third-order valence-corrected chi connectivity index (χ3v) is 3.45. The van der Waals surface area contributed by atoms with Crippen molar-refractivity contribution in [1.82, 2.24) is 5.32 Å². The highest BCUT2D eigenvalue weighted by molar-refractivity contribution is 6.31. The van der Waals surface area contributed by atoms with Crippen molar-refractivity contribution in [3.8, 4) is 11.5 Å². The van der Waals surface area contributed by atoms with E-state index in [-0.39, 0.29) is 5.75 Å². The molecule has 0 fully saturated rings. The van der Waals surface area contributed by atoms with Gasteiger partial charge < -0.3 is 15.2 Å². The van der Waals surface area contributed by atoms with Crippen LogP contribution in [0, 0.1) is 0 Å². The Morgan fingerprint density at radius 2 is 1.86 bits per heavy atom. The molecule has 0 atom stereocenters. The maximum absolute atomic E-state index is 9.28. The zero-order valence-corrected chi connectivity index (χ0v) is 13.0. The Hall–Kier alpha value is -1.71. The number of aromatic hydroxyl groups is 1. The molecular weight excluding hydrogens is 286 g/mol. The summed E-state index contributed by atoms with van der Waals surface area (Å²) in [5.41, 5.74) is 1.96. The van der Waals surface area contributed by atoms with Gasteiger partial charge in [0.2, 0.25) is 0 Å². The van der Waals surface area contributed by atoms with E-state index in [2.05, 4.69) is 19.2 Å². The van der Waals surface area contributed by atoms with Crippen molar-refractivity contribution in [2.24, 2.45) is 0 Å². The second-order valence-electron chi connectivity index (χ2n) is 5.21. The molecule has 0 heterocycles. The van der Waals surface area contributed by atoms with Crippen LogP contribution in [0.1, 0.15) is 25.0 Å². The zero-order chi connectivity index (χ0) is 15.2. The van der Waals surface area contributed by atoms with E-state index in [0.29, 0.717) is 24.2 Å². The highest BCUT2D eigenvalue weighted by Crippen LogP contribution is 2.27. The molecular formula is C17H20ClNO2. The summed E-state index contributed by atoms with van der Waals surface area (Å²) in [6.45, 7) is 5.29. The van der Waals surface area contributed by atoms with Crippen molar-refractivity contribution in [2.75, 3.05) is 0 Å². The van der Waals surface area contributed by atoms with E-state index in [4.69, 9.17) is 16.3 Å². The van der Waals surface area contributed by atoms with Crippen LogP contribution in [0.4, 0.5) is 0 Å². The first kappa shape index (κ1) is 15.7. The van der Waals surface area contributed by atoms with Crippen LogP contribution < -0.4 is 10.1 Å². The molecule has 2 rings (SSSR count). The molecule has 0 radical (unpaired) electrons. The third-order valence-electron chi connectivity index (χ3n) is 3.09. The van der Waals surface area contributed by atoms with E-state index < -0.39 is 0 Å². The molecule has 0 aromatic heterocycles. The number of hydrogen-bond donors (Lipinski definition) is 2. The minimum Gasteiger partial charge on any atom is -0.508 e. The summed E-state index contributed by atoms with van der Waals surface area (Å²) in [4.78, 5) is 0. The average Bonchev–Trinajstić information content (AvgIpc) is 2.45. The Morgan fingerprint density at radius 1 is 1.14 bits per heavy atom. The smallest absolute Gasteiger partial charge is 0.125 e. The second kappa shape index (κ2) is 7.34. The lowest BCUT2D eigenvalue weighted by molar-refractivity contribution is 0.301. The van der Waals surface area contributed by atoms with E-state index in [1.165, 1.54) is 0 Å². The maximum Gasteiger partial charge on any atom is 0.125 e. The fraction of sp³-hybridized carbons (Fsp3) is 0.294. The lowest BCUT2D eigenvalue weighted by Gasteiger charge is -2.15. The van der Waals surface area contributed by atoms with Gasteiger partial charge >= 0.3 is 0 Å². The molecule has 0 unspecified atom stereocenters. The summed E-state index contributed by atoms with van der Waals surface area (Å²) < 4.78 is 5.87. The van der Waals surface area contributed by atoms with Gasteiger partial charge in [-0.05, 0) is 29.8 Å². The summed E-state index contributed by atoms with van der Waals surface area (Å²) in [5, 5.41) is 13.3. The first-order valence-electron chi connectivity index (χ1n) is 6.97. The number of nitrogens with one attached hydrogen (secondary N) is 1. The number of phenols is 1. The van der Waals surface area contributed by atoms with E-state index in [9.17, 15) is 5.11 Å². The zero-order valence-electron chi connectivity index (χ0n) is 12.3. The Balaban J connectivity index is 2.08. The Bertz CT molecular complexity index is 582. The summed E-state index contributed by atoms with van der Waals surface area (Å²) in [5.74, 6) is 1.03. The van der Waals surface area contributed by atoms with Gasteiger partial charge in [0.25, 0.3) is 0 Å². The van der Waals surface area contributed by atoms with Crippen LogP contribution in [0.3, 0.4) is 0 Å². The SMILES string of the molecule is CC(C)NCc1c(Cl)cccc1OCc1ccc(O)cc1. The van der Waals surface area contributed by atoms with Gasteiger partial charge in [0.15, 0.2) is 0 Å². The Morgan fingerprint density at radius 3 is 2.52 bits per heavy atom. The molecule has 0 bridgehead atoms. The van der Waals surface area contributed by atoms with Gasteiger partial charge in [-0.2, -0.15) is 0 Å². The summed E-state index contributed by atoms with van der Waals surface area (Å²) in [7, 11) is 0. The summed E-state index contributed by atoms with van der Waals surface area (Å²) in [6, 6.07) is 13.0. The predicted molar refractivity (Wildman–Crippen MR) is 85.9 cm³/mol. The Labute approximate surface area is 130 Å². The van der Waals surface area contributed by atoms with Crippen LogP contribution in [-0.2, 0) is 13.2 Å². The average molecular weight is 306 g/mol. The molecule has 4 heteroatoms. The molecule has 21 heavy (non-hydrogen) atoms. The summed E-state index contributed by atoms with van der Waals surface area (Å²) >= 11 is 6.26. The molecule has 2 N–H and O–H groups in total. The molecule has 2 aromatic rings. The van der Waals surface area contributed by atoms with E-state index in [1.807, 2.05) is 30.3 Å². The van der Waals surface area contributed by atoms with Crippen LogP contribution >= 0.6 is 11.6 Å². The van der Waals surface area contributed by atoms with Crippen molar-refractivity contribution in [3.63, 3.8) is 0 Å². The van der Waals surface area contributed by atoms with E-state index in [1.54, 1.807) is 12.1 Å². The molecule has 0 saturated heterocycles. The number of benzene rings is 2. The largest absolute Gasteiger partial charge is 0.508 e. The molecule has 0 spiro atoms. The van der Waals surface area contributed by atoms with Gasteiger partial charge in [-0.1, -0.05) is 43.6 Å². The minimum absolute atomic E-state index is 0.253. The first-order valence-corrected chi connectivity index (χ1v) is 7.35. The molecule has 0 amide bonds. The normalized spacial score (nSPS) is 10.9. The molecule has 112 valence electrons. The van der Waals surface area contributed by atoms with Crippen molar-refractivity contribution in [3.05, 3.63) is 58.6 Å². The van der Waals surface area contributed by atoms with Crippen LogP contribution in [0.25, 0.3) is 0 Å². The number of halogens is 1. The molecule has 0 aliphatic carbocycles. The standard InChI is InChI=1S/C17H20ClNO2/c1-12(2)19-10-15-16(18)4-3-5-17(15)21-11-13-6-8-14(20)9-7-13/h3-9,12,19-20H,10-11H2,1-2H3. The monoisotopic (exact) mass is 305 g/mol. The first-order chi connectivity index (χ1) is 10.1. The number of hydrogen-bond acceptors (Lipinski definition) is 3. The quantitative estimate of drug-likeness (QED) is 0.843. The number of ether oxygens (including phenoxy) is 1. The molecule has 0 aliphatic rings. The van der Waals surface area contributed by atoms with Gasteiger partial charge in [0, 0.05) is 23.2 Å². The van der Waals surface area contributed by atoms with Crippen molar-refractivity contribution in [1.29, 1.82) is 0 Å².